The Morgan fingerprint density at radius 2 is 2.00 bits per heavy atom. The van der Waals surface area contributed by atoms with Gasteiger partial charge in [-0.15, -0.1) is 12.3 Å². The second kappa shape index (κ2) is 12.0. The molecule has 0 radical (unpaired) electrons. The Kier molecular flexibility index (Phi) is 11.1. The molecule has 0 rings (SSSR count). The monoisotopic (exact) mass is 244 g/mol. The molecule has 0 amide bonds. The summed E-state index contributed by atoms with van der Waals surface area (Å²) in [6.07, 6.45) is 17.5. The molecule has 98 valence electrons. The molecule has 1 nitrogen and oxygen atoms in total. The molecule has 0 saturated carbocycles. The Morgan fingerprint density at radius 3 is 2.67 bits per heavy atom. The normalized spacial score (nSPS) is 14.1. The second-order valence-electron chi connectivity index (χ2n) is 4.55. The Bertz CT molecular complexity index is 344. The van der Waals surface area contributed by atoms with E-state index in [1.807, 2.05) is 25.2 Å². The van der Waals surface area contributed by atoms with Crippen molar-refractivity contribution >= 4 is 0 Å². The van der Waals surface area contributed by atoms with Gasteiger partial charge in [-0.2, -0.15) is 0 Å². The maximum Gasteiger partial charge on any atom is 0.0512 e. The highest BCUT2D eigenvalue weighted by molar-refractivity contribution is 5.19. The number of allylic oxidation sites excluding steroid dienone is 4. The third-order valence-corrected chi connectivity index (χ3v) is 2.45. The number of aliphatic hydroxyl groups is 1. The number of unbranched alkanes of at least 4 members (excludes halogenated alkanes) is 2. The molecule has 0 aromatic heterocycles. The lowest BCUT2D eigenvalue weighted by atomic mass is 10.1. The van der Waals surface area contributed by atoms with Gasteiger partial charge in [0.2, 0.25) is 0 Å². The van der Waals surface area contributed by atoms with E-state index in [0.717, 1.165) is 32.1 Å². The molecule has 1 N–H and O–H groups in total. The molecule has 0 aliphatic rings. The minimum absolute atomic E-state index is 0.187. The fourth-order valence-electron chi connectivity index (χ4n) is 1.40. The standard InChI is InChI=1S/C17H24O/c1-4-13-16(2)14-11-9-7-5-6-8-10-12-15-17(3)18/h1,7,9,11,14,16-18H,8,10,12-13,15H2,2-3H3/b9-7+,14-11+. The van der Waals surface area contributed by atoms with Gasteiger partial charge < -0.3 is 5.11 Å². The summed E-state index contributed by atoms with van der Waals surface area (Å²) in [5, 5.41) is 9.07. The van der Waals surface area contributed by atoms with Gasteiger partial charge >= 0.3 is 0 Å². The van der Waals surface area contributed by atoms with Gasteiger partial charge in [0.1, 0.15) is 0 Å². The van der Waals surface area contributed by atoms with Crippen LogP contribution in [0, 0.1) is 30.1 Å². The maximum atomic E-state index is 9.07. The third-order valence-electron chi connectivity index (χ3n) is 2.45. The molecule has 0 bridgehead atoms. The predicted molar refractivity (Wildman–Crippen MR) is 78.8 cm³/mol. The van der Waals surface area contributed by atoms with Gasteiger partial charge in [0.15, 0.2) is 0 Å². The van der Waals surface area contributed by atoms with Crippen molar-refractivity contribution < 1.29 is 5.11 Å². The average molecular weight is 244 g/mol. The van der Waals surface area contributed by atoms with Gasteiger partial charge in [-0.1, -0.05) is 37.0 Å². The van der Waals surface area contributed by atoms with Crippen LogP contribution < -0.4 is 0 Å². The maximum absolute atomic E-state index is 9.07. The summed E-state index contributed by atoms with van der Waals surface area (Å²) < 4.78 is 0. The molecule has 0 aromatic carbocycles. The third kappa shape index (κ3) is 12.6. The first-order valence-electron chi connectivity index (χ1n) is 6.60. The fraction of sp³-hybridized carbons (Fsp3) is 0.529. The fourth-order valence-corrected chi connectivity index (χ4v) is 1.40. The van der Waals surface area contributed by atoms with Crippen molar-refractivity contribution in [3.63, 3.8) is 0 Å². The molecule has 1 heteroatoms. The SMILES string of the molecule is C#CCC(C)/C=C/C=C/C#CCCCCC(C)O. The topological polar surface area (TPSA) is 20.2 Å². The zero-order valence-corrected chi connectivity index (χ0v) is 11.5. The summed E-state index contributed by atoms with van der Waals surface area (Å²) in [6, 6.07) is 0. The minimum atomic E-state index is -0.187. The molecule has 0 aliphatic heterocycles. The van der Waals surface area contributed by atoms with Crippen molar-refractivity contribution in [1.29, 1.82) is 0 Å². The first-order chi connectivity index (χ1) is 8.66. The predicted octanol–water partition coefficient (Wildman–Crippen LogP) is 3.70. The number of hydrogen-bond acceptors (Lipinski definition) is 1. The molecule has 0 aromatic rings. The lowest BCUT2D eigenvalue weighted by molar-refractivity contribution is 0.181. The van der Waals surface area contributed by atoms with Crippen molar-refractivity contribution in [3.8, 4) is 24.2 Å². The molecular formula is C17H24O. The van der Waals surface area contributed by atoms with E-state index in [-0.39, 0.29) is 6.10 Å². The van der Waals surface area contributed by atoms with E-state index in [2.05, 4.69) is 30.8 Å². The van der Waals surface area contributed by atoms with Gasteiger partial charge in [-0.25, -0.2) is 0 Å². The van der Waals surface area contributed by atoms with Crippen LogP contribution in [0.3, 0.4) is 0 Å². The molecule has 0 heterocycles. The number of aliphatic hydroxyl groups excluding tert-OH is 1. The summed E-state index contributed by atoms with van der Waals surface area (Å²) in [6.45, 7) is 3.92. The summed E-state index contributed by atoms with van der Waals surface area (Å²) in [5.41, 5.74) is 0. The number of hydrogen-bond donors (Lipinski definition) is 1. The van der Waals surface area contributed by atoms with Crippen LogP contribution in [0.25, 0.3) is 0 Å². The average Bonchev–Trinajstić information content (AvgIpc) is 2.31. The van der Waals surface area contributed by atoms with Crippen molar-refractivity contribution in [2.45, 2.75) is 52.1 Å². The molecule has 2 unspecified atom stereocenters. The van der Waals surface area contributed by atoms with Crippen molar-refractivity contribution in [2.75, 3.05) is 0 Å². The summed E-state index contributed by atoms with van der Waals surface area (Å²) in [7, 11) is 0. The van der Waals surface area contributed by atoms with Crippen LogP contribution in [0.5, 0.6) is 0 Å². The molecule has 0 spiro atoms. The van der Waals surface area contributed by atoms with Crippen molar-refractivity contribution in [1.82, 2.24) is 0 Å². The van der Waals surface area contributed by atoms with Crippen LogP contribution in [0.4, 0.5) is 0 Å². The highest BCUT2D eigenvalue weighted by atomic mass is 16.3. The molecule has 2 atom stereocenters. The van der Waals surface area contributed by atoms with Crippen molar-refractivity contribution in [2.24, 2.45) is 5.92 Å². The molecule has 18 heavy (non-hydrogen) atoms. The minimum Gasteiger partial charge on any atom is -0.393 e. The smallest absolute Gasteiger partial charge is 0.0512 e. The summed E-state index contributed by atoms with van der Waals surface area (Å²) in [4.78, 5) is 0. The van der Waals surface area contributed by atoms with E-state index in [1.165, 1.54) is 0 Å². The van der Waals surface area contributed by atoms with E-state index in [4.69, 9.17) is 11.5 Å². The van der Waals surface area contributed by atoms with E-state index < -0.39 is 0 Å². The quantitative estimate of drug-likeness (QED) is 0.411. The number of terminal acetylenes is 1. The zero-order valence-electron chi connectivity index (χ0n) is 11.5. The Hall–Kier alpha value is -1.44. The first kappa shape index (κ1) is 16.6. The van der Waals surface area contributed by atoms with E-state index in [0.29, 0.717) is 5.92 Å². The van der Waals surface area contributed by atoms with Crippen LogP contribution in [0.15, 0.2) is 24.3 Å². The highest BCUT2D eigenvalue weighted by Crippen LogP contribution is 2.02. The molecule has 0 aliphatic carbocycles. The molecule has 0 saturated heterocycles. The van der Waals surface area contributed by atoms with Gasteiger partial charge in [0, 0.05) is 12.8 Å². The first-order valence-corrected chi connectivity index (χ1v) is 6.60. The molecular weight excluding hydrogens is 220 g/mol. The van der Waals surface area contributed by atoms with Crippen LogP contribution >= 0.6 is 0 Å². The largest absolute Gasteiger partial charge is 0.393 e. The summed E-state index contributed by atoms with van der Waals surface area (Å²) in [5.74, 6) is 9.14. The van der Waals surface area contributed by atoms with Gasteiger partial charge in [-0.3, -0.25) is 0 Å². The van der Waals surface area contributed by atoms with Crippen LogP contribution in [0.2, 0.25) is 0 Å². The van der Waals surface area contributed by atoms with Gasteiger partial charge in [0.05, 0.1) is 6.10 Å². The van der Waals surface area contributed by atoms with Crippen LogP contribution in [0.1, 0.15) is 46.0 Å². The molecule has 0 fully saturated rings. The van der Waals surface area contributed by atoms with Gasteiger partial charge in [-0.05, 0) is 38.2 Å². The van der Waals surface area contributed by atoms with E-state index >= 15 is 0 Å². The second-order valence-corrected chi connectivity index (χ2v) is 4.55. The lowest BCUT2D eigenvalue weighted by Gasteiger charge is -2.00. The summed E-state index contributed by atoms with van der Waals surface area (Å²) >= 11 is 0. The van der Waals surface area contributed by atoms with Crippen LogP contribution in [-0.4, -0.2) is 11.2 Å². The zero-order chi connectivity index (χ0) is 13.6. The number of rotatable bonds is 7. The van der Waals surface area contributed by atoms with Crippen LogP contribution in [-0.2, 0) is 0 Å². The highest BCUT2D eigenvalue weighted by Gasteiger charge is 1.93. The van der Waals surface area contributed by atoms with Crippen molar-refractivity contribution in [3.05, 3.63) is 24.3 Å². The lowest BCUT2D eigenvalue weighted by Crippen LogP contribution is -1.97. The Balaban J connectivity index is 3.61. The Morgan fingerprint density at radius 1 is 1.22 bits per heavy atom. The van der Waals surface area contributed by atoms with E-state index in [9.17, 15) is 0 Å². The Labute approximate surface area is 112 Å². The van der Waals surface area contributed by atoms with E-state index in [1.54, 1.807) is 0 Å². The van der Waals surface area contributed by atoms with Gasteiger partial charge in [0.25, 0.3) is 0 Å².